The molecule has 1 aromatic carbocycles. The van der Waals surface area contributed by atoms with Crippen LogP contribution in [0.25, 0.3) is 0 Å². The second kappa shape index (κ2) is 7.16. The topological polar surface area (TPSA) is 66.4 Å². The van der Waals surface area contributed by atoms with Crippen LogP contribution in [0.3, 0.4) is 0 Å². The van der Waals surface area contributed by atoms with Crippen molar-refractivity contribution in [3.8, 4) is 0 Å². The molecule has 0 aliphatic rings. The summed E-state index contributed by atoms with van der Waals surface area (Å²) in [7, 11) is 0. The zero-order valence-corrected chi connectivity index (χ0v) is 11.7. The highest BCUT2D eigenvalue weighted by Crippen LogP contribution is 2.12. The lowest BCUT2D eigenvalue weighted by Gasteiger charge is -2.12. The zero-order valence-electron chi connectivity index (χ0n) is 10.1. The number of nitrogens with one attached hydrogen (secondary N) is 1. The quantitative estimate of drug-likeness (QED) is 0.847. The van der Waals surface area contributed by atoms with E-state index in [2.05, 4.69) is 21.2 Å². The van der Waals surface area contributed by atoms with Crippen molar-refractivity contribution >= 4 is 27.8 Å². The highest BCUT2D eigenvalue weighted by Gasteiger charge is 2.09. The summed E-state index contributed by atoms with van der Waals surface area (Å²) in [5.74, 6) is -0.936. The Kier molecular flexibility index (Phi) is 5.85. The molecule has 1 unspecified atom stereocenters. The lowest BCUT2D eigenvalue weighted by atomic mass is 10.1. The number of amides is 1. The van der Waals surface area contributed by atoms with Crippen molar-refractivity contribution in [3.05, 3.63) is 34.3 Å². The summed E-state index contributed by atoms with van der Waals surface area (Å²) in [4.78, 5) is 22.1. The Labute approximate surface area is 115 Å². The Balaban J connectivity index is 2.39. The minimum atomic E-state index is -0.844. The van der Waals surface area contributed by atoms with E-state index in [0.717, 1.165) is 10.0 Å². The third-order valence-corrected chi connectivity index (χ3v) is 2.95. The van der Waals surface area contributed by atoms with Gasteiger partial charge in [-0.05, 0) is 31.0 Å². The Morgan fingerprint density at radius 1 is 1.44 bits per heavy atom. The molecule has 0 saturated heterocycles. The summed E-state index contributed by atoms with van der Waals surface area (Å²) in [6, 6.07) is 7.42. The Morgan fingerprint density at radius 3 is 2.78 bits per heavy atom. The van der Waals surface area contributed by atoms with Gasteiger partial charge >= 0.3 is 5.97 Å². The molecule has 2 N–H and O–H groups in total. The Hall–Kier alpha value is -1.36. The monoisotopic (exact) mass is 313 g/mol. The van der Waals surface area contributed by atoms with E-state index in [1.165, 1.54) is 0 Å². The van der Waals surface area contributed by atoms with Crippen molar-refractivity contribution in [2.24, 2.45) is 0 Å². The van der Waals surface area contributed by atoms with Gasteiger partial charge in [-0.3, -0.25) is 9.59 Å². The van der Waals surface area contributed by atoms with Gasteiger partial charge < -0.3 is 10.4 Å². The molecule has 1 aromatic rings. The van der Waals surface area contributed by atoms with Gasteiger partial charge in [0.25, 0.3) is 0 Å². The summed E-state index contributed by atoms with van der Waals surface area (Å²) >= 11 is 3.35. The number of aliphatic carboxylic acids is 1. The molecule has 18 heavy (non-hydrogen) atoms. The smallest absolute Gasteiger partial charge is 0.303 e. The summed E-state index contributed by atoms with van der Waals surface area (Å²) < 4.78 is 0.937. The normalized spacial score (nSPS) is 11.9. The maximum atomic E-state index is 11.7. The van der Waals surface area contributed by atoms with Crippen LogP contribution in [0.15, 0.2) is 28.7 Å². The molecule has 4 nitrogen and oxygen atoms in total. The van der Waals surface area contributed by atoms with Gasteiger partial charge in [-0.25, -0.2) is 0 Å². The molecule has 0 fully saturated rings. The molecule has 0 aliphatic heterocycles. The van der Waals surface area contributed by atoms with Crippen LogP contribution in [-0.4, -0.2) is 23.0 Å². The van der Waals surface area contributed by atoms with Crippen molar-refractivity contribution in [2.75, 3.05) is 0 Å². The molecule has 0 aromatic heterocycles. The standard InChI is InChI=1S/C13H16BrNO3/c1-9(5-6-13(17)18)15-12(16)8-10-3-2-4-11(14)7-10/h2-4,7,9H,5-6,8H2,1H3,(H,15,16)(H,17,18). The molecule has 0 bridgehead atoms. The van der Waals surface area contributed by atoms with Crippen LogP contribution in [0, 0.1) is 0 Å². The maximum Gasteiger partial charge on any atom is 0.303 e. The number of benzene rings is 1. The summed E-state index contributed by atoms with van der Waals surface area (Å²) in [6.45, 7) is 1.81. The number of carboxylic acid groups (broad SMARTS) is 1. The predicted molar refractivity (Wildman–Crippen MR) is 72.3 cm³/mol. The second-order valence-corrected chi connectivity index (χ2v) is 5.12. The number of carbonyl (C=O) groups is 2. The van der Waals surface area contributed by atoms with Gasteiger partial charge in [0.05, 0.1) is 6.42 Å². The first-order valence-electron chi connectivity index (χ1n) is 5.73. The van der Waals surface area contributed by atoms with Gasteiger partial charge in [-0.1, -0.05) is 28.1 Å². The Morgan fingerprint density at radius 2 is 2.17 bits per heavy atom. The van der Waals surface area contributed by atoms with Crippen LogP contribution in [0.5, 0.6) is 0 Å². The van der Waals surface area contributed by atoms with Crippen LogP contribution < -0.4 is 5.32 Å². The molecule has 1 amide bonds. The van der Waals surface area contributed by atoms with Gasteiger partial charge in [0, 0.05) is 16.9 Å². The largest absolute Gasteiger partial charge is 0.481 e. The van der Waals surface area contributed by atoms with Crippen LogP contribution in [0.2, 0.25) is 0 Å². The molecular weight excluding hydrogens is 298 g/mol. The fourth-order valence-electron chi connectivity index (χ4n) is 1.57. The van der Waals surface area contributed by atoms with Crippen molar-refractivity contribution in [1.29, 1.82) is 0 Å². The molecule has 0 radical (unpaired) electrons. The summed E-state index contributed by atoms with van der Waals surface area (Å²) in [5.41, 5.74) is 0.923. The number of carboxylic acids is 1. The van der Waals surface area contributed by atoms with E-state index in [0.29, 0.717) is 12.8 Å². The molecule has 98 valence electrons. The average Bonchev–Trinajstić information content (AvgIpc) is 2.26. The van der Waals surface area contributed by atoms with E-state index in [9.17, 15) is 9.59 Å². The maximum absolute atomic E-state index is 11.7. The average molecular weight is 314 g/mol. The van der Waals surface area contributed by atoms with Crippen LogP contribution in [0.4, 0.5) is 0 Å². The third kappa shape index (κ3) is 5.82. The summed E-state index contributed by atoms with van der Waals surface area (Å²) in [5, 5.41) is 11.3. The molecule has 0 spiro atoms. The molecule has 0 saturated carbocycles. The molecule has 0 heterocycles. The number of halogens is 1. The molecule has 0 aliphatic carbocycles. The van der Waals surface area contributed by atoms with Crippen molar-refractivity contribution in [2.45, 2.75) is 32.2 Å². The highest BCUT2D eigenvalue weighted by atomic mass is 79.9. The minimum absolute atomic E-state index is 0.0678. The zero-order chi connectivity index (χ0) is 13.5. The van der Waals surface area contributed by atoms with E-state index in [1.807, 2.05) is 31.2 Å². The van der Waals surface area contributed by atoms with Crippen LogP contribution in [-0.2, 0) is 16.0 Å². The van der Waals surface area contributed by atoms with E-state index in [-0.39, 0.29) is 18.4 Å². The molecule has 1 atom stereocenters. The first-order valence-corrected chi connectivity index (χ1v) is 6.52. The van der Waals surface area contributed by atoms with Crippen molar-refractivity contribution < 1.29 is 14.7 Å². The highest BCUT2D eigenvalue weighted by molar-refractivity contribution is 9.10. The van der Waals surface area contributed by atoms with Gasteiger partial charge in [0.2, 0.25) is 5.91 Å². The third-order valence-electron chi connectivity index (χ3n) is 2.45. The van der Waals surface area contributed by atoms with Gasteiger partial charge in [-0.2, -0.15) is 0 Å². The SMILES string of the molecule is CC(CCC(=O)O)NC(=O)Cc1cccc(Br)c1. The van der Waals surface area contributed by atoms with Crippen molar-refractivity contribution in [1.82, 2.24) is 5.32 Å². The first kappa shape index (κ1) is 14.7. The van der Waals surface area contributed by atoms with E-state index in [1.54, 1.807) is 0 Å². The second-order valence-electron chi connectivity index (χ2n) is 4.21. The van der Waals surface area contributed by atoms with Crippen LogP contribution >= 0.6 is 15.9 Å². The van der Waals surface area contributed by atoms with Gasteiger partial charge in [0.15, 0.2) is 0 Å². The molecule has 5 heteroatoms. The lowest BCUT2D eigenvalue weighted by Crippen LogP contribution is -2.34. The van der Waals surface area contributed by atoms with Gasteiger partial charge in [-0.15, -0.1) is 0 Å². The molecular formula is C13H16BrNO3. The fourth-order valence-corrected chi connectivity index (χ4v) is 2.02. The number of hydrogen-bond acceptors (Lipinski definition) is 2. The predicted octanol–water partition coefficient (Wildman–Crippen LogP) is 2.36. The number of hydrogen-bond donors (Lipinski definition) is 2. The fraction of sp³-hybridized carbons (Fsp3) is 0.385. The van der Waals surface area contributed by atoms with E-state index in [4.69, 9.17) is 5.11 Å². The molecule has 1 rings (SSSR count). The number of carbonyl (C=O) groups excluding carboxylic acids is 1. The van der Waals surface area contributed by atoms with Crippen LogP contribution in [0.1, 0.15) is 25.3 Å². The minimum Gasteiger partial charge on any atom is -0.481 e. The first-order chi connectivity index (χ1) is 8.47. The Bertz CT molecular complexity index is 434. The van der Waals surface area contributed by atoms with E-state index >= 15 is 0 Å². The number of rotatable bonds is 6. The lowest BCUT2D eigenvalue weighted by molar-refractivity contribution is -0.137. The van der Waals surface area contributed by atoms with Gasteiger partial charge in [0.1, 0.15) is 0 Å². The van der Waals surface area contributed by atoms with E-state index < -0.39 is 5.97 Å². The summed E-state index contributed by atoms with van der Waals surface area (Å²) in [6.07, 6.45) is 0.814. The van der Waals surface area contributed by atoms with Crippen molar-refractivity contribution in [3.63, 3.8) is 0 Å².